The van der Waals surface area contributed by atoms with Gasteiger partial charge in [0.2, 0.25) is 5.91 Å². The fourth-order valence-corrected chi connectivity index (χ4v) is 4.19. The van der Waals surface area contributed by atoms with E-state index >= 15 is 0 Å². The predicted molar refractivity (Wildman–Crippen MR) is 139 cm³/mol. The van der Waals surface area contributed by atoms with E-state index in [1.165, 1.54) is 0 Å². The molecule has 3 rings (SSSR count). The Morgan fingerprint density at radius 2 is 1.65 bits per heavy atom. The number of carbonyl (C=O) groups excluding carboxylic acids is 2. The van der Waals surface area contributed by atoms with E-state index < -0.39 is 6.04 Å². The molecule has 3 aromatic carbocycles. The summed E-state index contributed by atoms with van der Waals surface area (Å²) in [5.74, 6) is -0.0918. The molecule has 2 amide bonds. The van der Waals surface area contributed by atoms with Crippen molar-refractivity contribution < 1.29 is 14.3 Å². The molecule has 1 atom stereocenters. The SMILES string of the molecule is CC(C)NC(=O)[C@H](Cc1ccccc1)N(Cc1cccc(Br)c1)C(=O)COc1ccccc1Cl. The highest BCUT2D eigenvalue weighted by Gasteiger charge is 2.31. The second kappa shape index (κ2) is 12.6. The molecule has 0 aliphatic rings. The maximum atomic E-state index is 13.5. The Kier molecular flexibility index (Phi) is 9.54. The van der Waals surface area contributed by atoms with Crippen LogP contribution in [0, 0.1) is 0 Å². The molecular formula is C27H28BrClN2O3. The van der Waals surface area contributed by atoms with Gasteiger partial charge in [-0.3, -0.25) is 9.59 Å². The number of para-hydroxylation sites is 1. The van der Waals surface area contributed by atoms with Crippen LogP contribution in [0.15, 0.2) is 83.3 Å². The molecule has 0 unspecified atom stereocenters. The van der Waals surface area contributed by atoms with Crippen molar-refractivity contribution in [1.29, 1.82) is 0 Å². The average Bonchev–Trinajstić information content (AvgIpc) is 2.81. The Morgan fingerprint density at radius 1 is 0.971 bits per heavy atom. The normalized spacial score (nSPS) is 11.7. The summed E-state index contributed by atoms with van der Waals surface area (Å²) in [6, 6.07) is 23.6. The summed E-state index contributed by atoms with van der Waals surface area (Å²) in [7, 11) is 0. The van der Waals surface area contributed by atoms with Gasteiger partial charge in [-0.1, -0.05) is 82.1 Å². The van der Waals surface area contributed by atoms with Crippen molar-refractivity contribution in [2.45, 2.75) is 38.9 Å². The number of hydrogen-bond donors (Lipinski definition) is 1. The largest absolute Gasteiger partial charge is 0.482 e. The van der Waals surface area contributed by atoms with Crippen molar-refractivity contribution in [3.63, 3.8) is 0 Å². The molecule has 0 fully saturated rings. The lowest BCUT2D eigenvalue weighted by atomic mass is 10.0. The van der Waals surface area contributed by atoms with E-state index in [9.17, 15) is 9.59 Å². The number of rotatable bonds is 10. The summed E-state index contributed by atoms with van der Waals surface area (Å²) in [6.07, 6.45) is 0.380. The molecule has 0 radical (unpaired) electrons. The third kappa shape index (κ3) is 7.61. The van der Waals surface area contributed by atoms with E-state index in [1.807, 2.05) is 68.4 Å². The standard InChI is InChI=1S/C27H28BrClN2O3/c1-19(2)30-27(33)24(16-20-9-4-3-5-10-20)31(17-21-11-8-12-22(28)15-21)26(32)18-34-25-14-7-6-13-23(25)29/h3-15,19,24H,16-18H2,1-2H3,(H,30,33)/t24-/m0/s1. The van der Waals surface area contributed by atoms with Gasteiger partial charge in [-0.2, -0.15) is 0 Å². The number of carbonyl (C=O) groups is 2. The summed E-state index contributed by atoms with van der Waals surface area (Å²) in [5, 5.41) is 3.40. The van der Waals surface area contributed by atoms with Gasteiger partial charge in [0, 0.05) is 23.5 Å². The first-order chi connectivity index (χ1) is 16.3. The zero-order valence-electron chi connectivity index (χ0n) is 19.2. The molecule has 0 saturated heterocycles. The Balaban J connectivity index is 1.92. The monoisotopic (exact) mass is 542 g/mol. The molecule has 34 heavy (non-hydrogen) atoms. The summed E-state index contributed by atoms with van der Waals surface area (Å²) < 4.78 is 6.64. The minimum Gasteiger partial charge on any atom is -0.482 e. The molecule has 0 heterocycles. The van der Waals surface area contributed by atoms with Crippen LogP contribution in [0.25, 0.3) is 0 Å². The highest BCUT2D eigenvalue weighted by Crippen LogP contribution is 2.24. The molecule has 1 N–H and O–H groups in total. The quantitative estimate of drug-likeness (QED) is 0.360. The van der Waals surface area contributed by atoms with Gasteiger partial charge in [0.25, 0.3) is 5.91 Å². The van der Waals surface area contributed by atoms with Crippen molar-refractivity contribution in [3.05, 3.63) is 99.5 Å². The van der Waals surface area contributed by atoms with Crippen molar-refractivity contribution >= 4 is 39.3 Å². The summed E-state index contributed by atoms with van der Waals surface area (Å²) in [5.41, 5.74) is 1.86. The zero-order chi connectivity index (χ0) is 24.5. The number of hydrogen-bond acceptors (Lipinski definition) is 3. The number of benzene rings is 3. The van der Waals surface area contributed by atoms with Crippen molar-refractivity contribution in [1.82, 2.24) is 10.2 Å². The molecular weight excluding hydrogens is 516 g/mol. The fraction of sp³-hybridized carbons (Fsp3) is 0.259. The molecule has 7 heteroatoms. The number of halogens is 2. The minimum absolute atomic E-state index is 0.0621. The highest BCUT2D eigenvalue weighted by molar-refractivity contribution is 9.10. The third-order valence-electron chi connectivity index (χ3n) is 5.13. The van der Waals surface area contributed by atoms with E-state index in [1.54, 1.807) is 29.2 Å². The van der Waals surface area contributed by atoms with E-state index in [4.69, 9.17) is 16.3 Å². The molecule has 0 spiro atoms. The Labute approximate surface area is 214 Å². The van der Waals surface area contributed by atoms with Crippen LogP contribution in [0.3, 0.4) is 0 Å². The van der Waals surface area contributed by atoms with Gasteiger partial charge in [0.1, 0.15) is 11.8 Å². The lowest BCUT2D eigenvalue weighted by molar-refractivity contribution is -0.143. The predicted octanol–water partition coefficient (Wildman–Crippen LogP) is 5.65. The zero-order valence-corrected chi connectivity index (χ0v) is 21.6. The van der Waals surface area contributed by atoms with E-state index in [0.29, 0.717) is 17.2 Å². The Hall–Kier alpha value is -2.83. The maximum Gasteiger partial charge on any atom is 0.261 e. The van der Waals surface area contributed by atoms with Gasteiger partial charge in [-0.15, -0.1) is 0 Å². The first-order valence-electron chi connectivity index (χ1n) is 11.1. The molecule has 5 nitrogen and oxygen atoms in total. The second-order valence-electron chi connectivity index (χ2n) is 8.24. The smallest absolute Gasteiger partial charge is 0.261 e. The van der Waals surface area contributed by atoms with E-state index in [0.717, 1.165) is 15.6 Å². The van der Waals surface area contributed by atoms with E-state index in [-0.39, 0.29) is 31.0 Å². The molecule has 3 aromatic rings. The maximum absolute atomic E-state index is 13.5. The topological polar surface area (TPSA) is 58.6 Å². The molecule has 0 bridgehead atoms. The van der Waals surface area contributed by atoms with Gasteiger partial charge in [0.05, 0.1) is 5.02 Å². The lowest BCUT2D eigenvalue weighted by Gasteiger charge is -2.32. The molecule has 0 aromatic heterocycles. The van der Waals surface area contributed by atoms with Crippen LogP contribution in [0.4, 0.5) is 0 Å². The average molecular weight is 544 g/mol. The van der Waals surface area contributed by atoms with Crippen LogP contribution in [-0.4, -0.2) is 35.4 Å². The van der Waals surface area contributed by atoms with Gasteiger partial charge >= 0.3 is 0 Å². The molecule has 0 aliphatic heterocycles. The number of nitrogens with one attached hydrogen (secondary N) is 1. The van der Waals surface area contributed by atoms with Gasteiger partial charge in [0.15, 0.2) is 6.61 Å². The van der Waals surface area contributed by atoms with Crippen LogP contribution in [0.2, 0.25) is 5.02 Å². The van der Waals surface area contributed by atoms with Crippen molar-refractivity contribution in [2.75, 3.05) is 6.61 Å². The fourth-order valence-electron chi connectivity index (χ4n) is 3.55. The van der Waals surface area contributed by atoms with Gasteiger partial charge < -0.3 is 15.0 Å². The molecule has 0 saturated carbocycles. The summed E-state index contributed by atoms with van der Waals surface area (Å²) in [6.45, 7) is 3.82. The van der Waals surface area contributed by atoms with Crippen LogP contribution in [-0.2, 0) is 22.6 Å². The third-order valence-corrected chi connectivity index (χ3v) is 5.94. The van der Waals surface area contributed by atoms with Crippen LogP contribution < -0.4 is 10.1 Å². The first-order valence-corrected chi connectivity index (χ1v) is 12.3. The summed E-state index contributed by atoms with van der Waals surface area (Å²) in [4.78, 5) is 28.4. The highest BCUT2D eigenvalue weighted by atomic mass is 79.9. The number of amides is 2. The second-order valence-corrected chi connectivity index (χ2v) is 9.56. The van der Waals surface area contributed by atoms with Crippen LogP contribution >= 0.6 is 27.5 Å². The van der Waals surface area contributed by atoms with E-state index in [2.05, 4.69) is 21.2 Å². The van der Waals surface area contributed by atoms with Crippen LogP contribution in [0.1, 0.15) is 25.0 Å². The summed E-state index contributed by atoms with van der Waals surface area (Å²) >= 11 is 9.68. The van der Waals surface area contributed by atoms with Gasteiger partial charge in [-0.25, -0.2) is 0 Å². The minimum atomic E-state index is -0.717. The Morgan fingerprint density at radius 3 is 2.32 bits per heavy atom. The Bertz CT molecular complexity index is 1110. The van der Waals surface area contributed by atoms with Crippen LogP contribution in [0.5, 0.6) is 5.75 Å². The van der Waals surface area contributed by atoms with Crippen molar-refractivity contribution in [3.8, 4) is 5.75 Å². The van der Waals surface area contributed by atoms with Gasteiger partial charge in [-0.05, 0) is 49.2 Å². The molecule has 0 aliphatic carbocycles. The molecule has 178 valence electrons. The first kappa shape index (κ1) is 25.8. The number of nitrogens with zero attached hydrogens (tertiary/aromatic N) is 1. The lowest BCUT2D eigenvalue weighted by Crippen LogP contribution is -2.52. The number of ether oxygens (including phenoxy) is 1. The van der Waals surface area contributed by atoms with Crippen molar-refractivity contribution in [2.24, 2.45) is 0 Å².